The van der Waals surface area contributed by atoms with E-state index in [1.807, 2.05) is 0 Å². The molecule has 0 saturated heterocycles. The van der Waals surface area contributed by atoms with Gasteiger partial charge in [0.25, 0.3) is 0 Å². The Balaban J connectivity index is 5.33. The van der Waals surface area contributed by atoms with Gasteiger partial charge in [-0.05, 0) is 26.2 Å². The van der Waals surface area contributed by atoms with E-state index in [4.69, 9.17) is 15.9 Å². The van der Waals surface area contributed by atoms with Gasteiger partial charge < -0.3 is 26.6 Å². The molecule has 5 N–H and O–H groups in total. The van der Waals surface area contributed by atoms with Crippen LogP contribution in [0.3, 0.4) is 0 Å². The van der Waals surface area contributed by atoms with Gasteiger partial charge in [-0.25, -0.2) is 0 Å². The van der Waals surface area contributed by atoms with Gasteiger partial charge in [-0.3, -0.25) is 14.4 Å². The van der Waals surface area contributed by atoms with Crippen LogP contribution in [0.1, 0.15) is 41.5 Å². The molecule has 8 nitrogen and oxygen atoms in total. The van der Waals surface area contributed by atoms with E-state index in [1.165, 1.54) is 20.8 Å². The standard InChI is InChI=1S/C15H26N4O4/c1-7(16)10(8(2)17)12(20)19-11(15(4,5)6)13(21)18-9(3)14(22)23/h9-11,16-17H,1-6H3,(H,18,21)(H,19,20)(H,22,23). The van der Waals surface area contributed by atoms with E-state index in [0.29, 0.717) is 0 Å². The Morgan fingerprint density at radius 2 is 1.39 bits per heavy atom. The second kappa shape index (κ2) is 7.85. The summed E-state index contributed by atoms with van der Waals surface area (Å²) in [6.45, 7) is 9.35. The number of amides is 2. The molecule has 0 radical (unpaired) electrons. The SMILES string of the molecule is CC(=N)C(C(C)=N)C(=O)NC(C(=O)NC(C)C(=O)O)C(C)(C)C. The molecule has 0 aromatic rings. The highest BCUT2D eigenvalue weighted by atomic mass is 16.4. The van der Waals surface area contributed by atoms with E-state index in [0.717, 1.165) is 0 Å². The Labute approximate surface area is 136 Å². The average Bonchev–Trinajstić information content (AvgIpc) is 2.32. The van der Waals surface area contributed by atoms with Gasteiger partial charge >= 0.3 is 5.97 Å². The molecule has 0 aromatic heterocycles. The number of hydrogen-bond donors (Lipinski definition) is 5. The highest BCUT2D eigenvalue weighted by Crippen LogP contribution is 2.20. The highest BCUT2D eigenvalue weighted by molar-refractivity contribution is 6.19. The first-order valence-electron chi connectivity index (χ1n) is 7.22. The molecule has 2 amide bonds. The third-order valence-electron chi connectivity index (χ3n) is 3.27. The van der Waals surface area contributed by atoms with E-state index in [2.05, 4.69) is 10.6 Å². The van der Waals surface area contributed by atoms with Crippen LogP contribution < -0.4 is 10.6 Å². The summed E-state index contributed by atoms with van der Waals surface area (Å²) in [5.41, 5.74) is -0.669. The molecular weight excluding hydrogens is 300 g/mol. The first-order chi connectivity index (χ1) is 10.3. The molecule has 0 bridgehead atoms. The second-order valence-corrected chi connectivity index (χ2v) is 6.68. The molecule has 0 fully saturated rings. The Kier molecular flexibility index (Phi) is 7.08. The number of aliphatic carboxylic acids is 1. The van der Waals surface area contributed by atoms with Crippen molar-refractivity contribution in [1.82, 2.24) is 10.6 Å². The monoisotopic (exact) mass is 326 g/mol. The van der Waals surface area contributed by atoms with Gasteiger partial charge in [0.15, 0.2) is 0 Å². The Bertz CT molecular complexity index is 508. The molecular formula is C15H26N4O4. The fraction of sp³-hybridized carbons (Fsp3) is 0.667. The molecule has 0 aliphatic rings. The minimum Gasteiger partial charge on any atom is -0.480 e. The predicted molar refractivity (Wildman–Crippen MR) is 86.9 cm³/mol. The Morgan fingerprint density at radius 1 is 0.957 bits per heavy atom. The zero-order chi connectivity index (χ0) is 18.5. The van der Waals surface area contributed by atoms with Crippen molar-refractivity contribution in [3.63, 3.8) is 0 Å². The van der Waals surface area contributed by atoms with Gasteiger partial charge in [0, 0.05) is 11.4 Å². The molecule has 8 heteroatoms. The van der Waals surface area contributed by atoms with Gasteiger partial charge in [0.05, 0.1) is 0 Å². The summed E-state index contributed by atoms with van der Waals surface area (Å²) < 4.78 is 0. The number of carbonyl (C=O) groups excluding carboxylic acids is 2. The van der Waals surface area contributed by atoms with Gasteiger partial charge in [0.1, 0.15) is 18.0 Å². The van der Waals surface area contributed by atoms with Crippen LogP contribution in [0.5, 0.6) is 0 Å². The van der Waals surface area contributed by atoms with Crippen molar-refractivity contribution in [2.75, 3.05) is 0 Å². The second-order valence-electron chi connectivity index (χ2n) is 6.68. The average molecular weight is 326 g/mol. The Morgan fingerprint density at radius 3 is 1.70 bits per heavy atom. The zero-order valence-corrected chi connectivity index (χ0v) is 14.4. The number of carbonyl (C=O) groups is 3. The molecule has 2 atom stereocenters. The predicted octanol–water partition coefficient (Wildman–Crippen LogP) is 0.802. The summed E-state index contributed by atoms with van der Waals surface area (Å²) in [5, 5.41) is 29.0. The van der Waals surface area contributed by atoms with E-state index in [-0.39, 0.29) is 11.4 Å². The van der Waals surface area contributed by atoms with Crippen molar-refractivity contribution in [1.29, 1.82) is 10.8 Å². The molecule has 0 aliphatic carbocycles. The fourth-order valence-corrected chi connectivity index (χ4v) is 1.98. The van der Waals surface area contributed by atoms with Crippen LogP contribution in [0.15, 0.2) is 0 Å². The minimum atomic E-state index is -1.18. The largest absolute Gasteiger partial charge is 0.480 e. The normalized spacial score (nSPS) is 15.0. The van der Waals surface area contributed by atoms with E-state index in [9.17, 15) is 14.4 Å². The molecule has 0 rings (SSSR count). The van der Waals surface area contributed by atoms with E-state index >= 15 is 0 Å². The molecule has 130 valence electrons. The first kappa shape index (κ1) is 20.8. The maximum Gasteiger partial charge on any atom is 0.325 e. The van der Waals surface area contributed by atoms with Crippen molar-refractivity contribution in [2.24, 2.45) is 11.3 Å². The lowest BCUT2D eigenvalue weighted by Gasteiger charge is -2.32. The maximum absolute atomic E-state index is 12.3. The topological polar surface area (TPSA) is 143 Å². The molecule has 0 heterocycles. The summed E-state index contributed by atoms with van der Waals surface area (Å²) in [6, 6.07) is -2.08. The van der Waals surface area contributed by atoms with Crippen LogP contribution >= 0.6 is 0 Å². The molecule has 23 heavy (non-hydrogen) atoms. The molecule has 0 spiro atoms. The summed E-state index contributed by atoms with van der Waals surface area (Å²) in [7, 11) is 0. The lowest BCUT2D eigenvalue weighted by Crippen LogP contribution is -2.57. The van der Waals surface area contributed by atoms with Gasteiger partial charge in [-0.2, -0.15) is 0 Å². The third kappa shape index (κ3) is 6.17. The number of carboxylic acid groups (broad SMARTS) is 1. The lowest BCUT2D eigenvalue weighted by molar-refractivity contribution is -0.142. The van der Waals surface area contributed by atoms with Crippen molar-refractivity contribution in [2.45, 2.75) is 53.6 Å². The van der Waals surface area contributed by atoms with Crippen molar-refractivity contribution >= 4 is 29.2 Å². The van der Waals surface area contributed by atoms with E-state index in [1.54, 1.807) is 20.8 Å². The van der Waals surface area contributed by atoms with Crippen molar-refractivity contribution in [3.8, 4) is 0 Å². The number of nitrogens with one attached hydrogen (secondary N) is 4. The van der Waals surface area contributed by atoms with E-state index < -0.39 is 41.2 Å². The minimum absolute atomic E-state index is 0.00183. The maximum atomic E-state index is 12.3. The van der Waals surface area contributed by atoms with Crippen molar-refractivity contribution < 1.29 is 19.5 Å². The summed E-state index contributed by atoms with van der Waals surface area (Å²) in [5.74, 6) is -3.46. The molecule has 0 saturated carbocycles. The molecule has 0 aliphatic heterocycles. The van der Waals surface area contributed by atoms with Crippen molar-refractivity contribution in [3.05, 3.63) is 0 Å². The first-order valence-corrected chi connectivity index (χ1v) is 7.22. The number of carboxylic acids is 1. The summed E-state index contributed by atoms with van der Waals surface area (Å²) in [6.07, 6.45) is 0. The summed E-state index contributed by atoms with van der Waals surface area (Å²) >= 11 is 0. The van der Waals surface area contributed by atoms with Crippen LogP contribution in [-0.2, 0) is 14.4 Å². The smallest absolute Gasteiger partial charge is 0.325 e. The third-order valence-corrected chi connectivity index (χ3v) is 3.27. The van der Waals surface area contributed by atoms with Crippen LogP contribution in [-0.4, -0.2) is 46.4 Å². The summed E-state index contributed by atoms with van der Waals surface area (Å²) in [4.78, 5) is 35.5. The van der Waals surface area contributed by atoms with Crippen LogP contribution in [0, 0.1) is 22.2 Å². The Hall–Kier alpha value is -2.25. The quantitative estimate of drug-likeness (QED) is 0.441. The van der Waals surface area contributed by atoms with Gasteiger partial charge in [0.2, 0.25) is 11.8 Å². The van der Waals surface area contributed by atoms with Crippen LogP contribution in [0.4, 0.5) is 0 Å². The molecule has 0 aromatic carbocycles. The number of hydrogen-bond acceptors (Lipinski definition) is 5. The zero-order valence-electron chi connectivity index (χ0n) is 14.4. The van der Waals surface area contributed by atoms with Crippen LogP contribution in [0.2, 0.25) is 0 Å². The van der Waals surface area contributed by atoms with Gasteiger partial charge in [-0.15, -0.1) is 0 Å². The lowest BCUT2D eigenvalue weighted by atomic mass is 9.85. The van der Waals surface area contributed by atoms with Crippen LogP contribution in [0.25, 0.3) is 0 Å². The van der Waals surface area contributed by atoms with Gasteiger partial charge in [-0.1, -0.05) is 20.8 Å². The highest BCUT2D eigenvalue weighted by Gasteiger charge is 2.36. The fourth-order valence-electron chi connectivity index (χ4n) is 1.98. The molecule has 2 unspecified atom stereocenters. The number of rotatable bonds is 7.